The van der Waals surface area contributed by atoms with Crippen molar-refractivity contribution >= 4 is 17.5 Å². The monoisotopic (exact) mass is 340 g/mol. The first kappa shape index (κ1) is 17.0. The molecular formula is C18H20N4O3. The lowest BCUT2D eigenvalue weighted by molar-refractivity contribution is -0.123. The lowest BCUT2D eigenvalue weighted by Crippen LogP contribution is -2.41. The van der Waals surface area contributed by atoms with E-state index in [2.05, 4.69) is 21.5 Å². The molecule has 2 aliphatic heterocycles. The number of fused-ring (bicyclic) bond motifs is 1. The Hall–Kier alpha value is -2.88. The maximum atomic E-state index is 12.3. The molecule has 2 aliphatic rings. The molecule has 7 nitrogen and oxygen atoms in total. The van der Waals surface area contributed by atoms with Crippen LogP contribution in [-0.4, -0.2) is 37.2 Å². The highest BCUT2D eigenvalue weighted by Gasteiger charge is 2.38. The molecule has 0 fully saturated rings. The molecule has 0 bridgehead atoms. The molecule has 0 spiro atoms. The van der Waals surface area contributed by atoms with E-state index in [9.17, 15) is 9.59 Å². The number of anilines is 1. The molecule has 0 aliphatic carbocycles. The number of nitrogens with zero attached hydrogens (tertiary/aromatic N) is 3. The molecule has 1 aromatic carbocycles. The zero-order chi connectivity index (χ0) is 17.7. The van der Waals surface area contributed by atoms with Crippen LogP contribution in [0, 0.1) is 12.3 Å². The third-order valence-corrected chi connectivity index (χ3v) is 4.23. The molecule has 7 heteroatoms. The third kappa shape index (κ3) is 4.15. The highest BCUT2D eigenvalue weighted by atomic mass is 16.5. The molecule has 0 aromatic heterocycles. The molecule has 0 atom stereocenters. The number of carbonyl (C=O) groups is 2. The van der Waals surface area contributed by atoms with Crippen LogP contribution in [0.4, 0.5) is 5.69 Å². The van der Waals surface area contributed by atoms with Crippen LogP contribution >= 0.6 is 0 Å². The van der Waals surface area contributed by atoms with Gasteiger partial charge in [-0.3, -0.25) is 14.5 Å². The molecule has 1 N–H and O–H groups in total. The highest BCUT2D eigenvalue weighted by Crippen LogP contribution is 2.36. The van der Waals surface area contributed by atoms with E-state index in [1.54, 1.807) is 12.1 Å². The van der Waals surface area contributed by atoms with Gasteiger partial charge in [0.2, 0.25) is 11.8 Å². The van der Waals surface area contributed by atoms with Gasteiger partial charge in [0.15, 0.2) is 5.66 Å². The normalized spacial score (nSPS) is 17.1. The van der Waals surface area contributed by atoms with Gasteiger partial charge in [0.1, 0.15) is 12.3 Å². The molecule has 0 saturated carbocycles. The van der Waals surface area contributed by atoms with Gasteiger partial charge in [-0.15, -0.1) is 12.3 Å². The van der Waals surface area contributed by atoms with Crippen molar-refractivity contribution in [1.82, 2.24) is 5.32 Å². The first-order valence-corrected chi connectivity index (χ1v) is 8.30. The molecule has 130 valence electrons. The number of benzene rings is 1. The first-order valence-electron chi connectivity index (χ1n) is 8.30. The van der Waals surface area contributed by atoms with E-state index < -0.39 is 5.66 Å². The van der Waals surface area contributed by atoms with Gasteiger partial charge in [0, 0.05) is 25.8 Å². The van der Waals surface area contributed by atoms with Crippen molar-refractivity contribution in [1.29, 1.82) is 0 Å². The Morgan fingerprint density at radius 2 is 2.16 bits per heavy atom. The molecule has 2 heterocycles. The minimum atomic E-state index is -0.418. The smallest absolute Gasteiger partial charge is 0.240 e. The van der Waals surface area contributed by atoms with Crippen LogP contribution in [0.5, 0.6) is 5.75 Å². The Morgan fingerprint density at radius 3 is 2.92 bits per heavy atom. The van der Waals surface area contributed by atoms with Gasteiger partial charge >= 0.3 is 0 Å². The Labute approximate surface area is 146 Å². The molecule has 1 aromatic rings. The van der Waals surface area contributed by atoms with E-state index in [0.717, 1.165) is 0 Å². The summed E-state index contributed by atoms with van der Waals surface area (Å²) < 4.78 is 5.57. The van der Waals surface area contributed by atoms with E-state index in [4.69, 9.17) is 11.2 Å². The van der Waals surface area contributed by atoms with Crippen molar-refractivity contribution in [3.05, 3.63) is 24.3 Å². The Bertz CT molecular complexity index is 732. The van der Waals surface area contributed by atoms with Gasteiger partial charge in [-0.1, -0.05) is 12.1 Å². The van der Waals surface area contributed by atoms with Crippen molar-refractivity contribution < 1.29 is 14.3 Å². The molecule has 3 rings (SSSR count). The number of rotatable bonds is 7. The standard InChI is InChI=1S/C18H20N4O3/c1-2-3-9-18(20-21-18)10-11-19-16(23)13-22-14-6-4-5-7-15(14)25-12-8-17(22)24/h1,4-7H,3,8-13H2,(H,19,23). The van der Waals surface area contributed by atoms with E-state index in [1.807, 2.05) is 12.1 Å². The van der Waals surface area contributed by atoms with Crippen LogP contribution in [0.3, 0.4) is 0 Å². The van der Waals surface area contributed by atoms with Gasteiger partial charge < -0.3 is 10.1 Å². The zero-order valence-corrected chi connectivity index (χ0v) is 13.9. The lowest BCUT2D eigenvalue weighted by atomic mass is 10.0. The van der Waals surface area contributed by atoms with Crippen LogP contribution in [-0.2, 0) is 9.59 Å². The molecule has 0 unspecified atom stereocenters. The average molecular weight is 340 g/mol. The molecule has 0 radical (unpaired) electrons. The second-order valence-electron chi connectivity index (χ2n) is 6.03. The van der Waals surface area contributed by atoms with E-state index in [1.165, 1.54) is 4.90 Å². The summed E-state index contributed by atoms with van der Waals surface area (Å²) in [6.45, 7) is 0.718. The van der Waals surface area contributed by atoms with Gasteiger partial charge in [0.25, 0.3) is 0 Å². The topological polar surface area (TPSA) is 83.4 Å². The van der Waals surface area contributed by atoms with E-state index in [0.29, 0.717) is 43.9 Å². The van der Waals surface area contributed by atoms with Gasteiger partial charge in [-0.2, -0.15) is 10.2 Å². The first-order chi connectivity index (χ1) is 12.1. The summed E-state index contributed by atoms with van der Waals surface area (Å²) in [5.41, 5.74) is 0.205. The van der Waals surface area contributed by atoms with Gasteiger partial charge in [-0.25, -0.2) is 0 Å². The van der Waals surface area contributed by atoms with Crippen LogP contribution in [0.15, 0.2) is 34.5 Å². The fraction of sp³-hybridized carbons (Fsp3) is 0.444. The van der Waals surface area contributed by atoms with Crippen LogP contribution in [0.2, 0.25) is 0 Å². The fourth-order valence-electron chi connectivity index (χ4n) is 2.76. The maximum Gasteiger partial charge on any atom is 0.240 e. The van der Waals surface area contributed by atoms with Crippen molar-refractivity contribution in [3.63, 3.8) is 0 Å². The largest absolute Gasteiger partial charge is 0.491 e. The Balaban J connectivity index is 1.54. The number of amides is 2. The minimum Gasteiger partial charge on any atom is -0.491 e. The SMILES string of the molecule is C#CCCC1(CCNC(=O)CN2C(=O)CCOc3ccccc32)N=N1. The van der Waals surface area contributed by atoms with Crippen LogP contribution < -0.4 is 15.0 Å². The summed E-state index contributed by atoms with van der Waals surface area (Å²) in [6.07, 6.45) is 7.44. The van der Waals surface area contributed by atoms with Gasteiger partial charge in [-0.05, 0) is 12.1 Å². The quantitative estimate of drug-likeness (QED) is 0.769. The number of hydrogen-bond acceptors (Lipinski definition) is 5. The minimum absolute atomic E-state index is 0.0369. The number of terminal acetylenes is 1. The predicted octanol–water partition coefficient (Wildman–Crippen LogP) is 1.88. The number of ether oxygens (including phenoxy) is 1. The van der Waals surface area contributed by atoms with Crippen LogP contribution in [0.1, 0.15) is 25.7 Å². The molecule has 2 amide bonds. The predicted molar refractivity (Wildman–Crippen MR) is 92.2 cm³/mol. The number of hydrogen-bond donors (Lipinski definition) is 1. The highest BCUT2D eigenvalue weighted by molar-refractivity contribution is 6.00. The molecule has 0 saturated heterocycles. The number of nitrogens with one attached hydrogen (secondary N) is 1. The van der Waals surface area contributed by atoms with Gasteiger partial charge in [0.05, 0.1) is 18.7 Å². The summed E-state index contributed by atoms with van der Waals surface area (Å²) in [5, 5.41) is 10.9. The Kier molecular flexibility index (Phi) is 4.98. The summed E-state index contributed by atoms with van der Waals surface area (Å²) >= 11 is 0. The zero-order valence-electron chi connectivity index (χ0n) is 13.9. The average Bonchev–Trinajstić information content (AvgIpc) is 3.39. The second kappa shape index (κ2) is 7.34. The lowest BCUT2D eigenvalue weighted by Gasteiger charge is -2.21. The van der Waals surface area contributed by atoms with E-state index >= 15 is 0 Å². The Morgan fingerprint density at radius 1 is 1.36 bits per heavy atom. The number of para-hydroxylation sites is 2. The van der Waals surface area contributed by atoms with Crippen LogP contribution in [0.25, 0.3) is 0 Å². The van der Waals surface area contributed by atoms with Crippen molar-refractivity contribution in [3.8, 4) is 18.1 Å². The molecule has 25 heavy (non-hydrogen) atoms. The summed E-state index contributed by atoms with van der Waals surface area (Å²) in [7, 11) is 0. The number of carbonyl (C=O) groups excluding carboxylic acids is 2. The summed E-state index contributed by atoms with van der Waals surface area (Å²) in [6, 6.07) is 7.23. The van der Waals surface area contributed by atoms with Crippen molar-refractivity contribution in [2.45, 2.75) is 31.3 Å². The molecular weight excluding hydrogens is 320 g/mol. The third-order valence-electron chi connectivity index (χ3n) is 4.23. The fourth-order valence-corrected chi connectivity index (χ4v) is 2.76. The maximum absolute atomic E-state index is 12.3. The van der Waals surface area contributed by atoms with E-state index in [-0.39, 0.29) is 24.8 Å². The summed E-state index contributed by atoms with van der Waals surface area (Å²) in [5.74, 6) is 2.84. The summed E-state index contributed by atoms with van der Waals surface area (Å²) in [4.78, 5) is 26.0. The van der Waals surface area contributed by atoms with Crippen molar-refractivity contribution in [2.24, 2.45) is 10.2 Å². The second-order valence-corrected chi connectivity index (χ2v) is 6.03. The van der Waals surface area contributed by atoms with Crippen molar-refractivity contribution in [2.75, 3.05) is 24.6 Å².